The number of methoxy groups -OCH3 is 1. The zero-order valence-electron chi connectivity index (χ0n) is 21.0. The highest BCUT2D eigenvalue weighted by Crippen LogP contribution is 2.36. The van der Waals surface area contributed by atoms with Crippen molar-refractivity contribution >= 4 is 40.6 Å². The van der Waals surface area contributed by atoms with Gasteiger partial charge in [-0.3, -0.25) is 9.69 Å². The molecule has 4 aromatic rings. The van der Waals surface area contributed by atoms with Gasteiger partial charge in [-0.1, -0.05) is 42.5 Å². The van der Waals surface area contributed by atoms with Crippen LogP contribution in [0.25, 0.3) is 6.08 Å². The first-order chi connectivity index (χ1) is 19.0. The minimum atomic E-state index is -0.999. The summed E-state index contributed by atoms with van der Waals surface area (Å²) in [6, 6.07) is 30.8. The van der Waals surface area contributed by atoms with Gasteiger partial charge in [0.25, 0.3) is 5.91 Å². The zero-order valence-corrected chi connectivity index (χ0v) is 21.8. The smallest absolute Gasteiger partial charge is 0.335 e. The van der Waals surface area contributed by atoms with Crippen molar-refractivity contribution in [2.24, 2.45) is 4.99 Å². The first-order valence-corrected chi connectivity index (χ1v) is 12.9. The Hall–Kier alpha value is -4.82. The van der Waals surface area contributed by atoms with Gasteiger partial charge >= 0.3 is 5.97 Å². The van der Waals surface area contributed by atoms with E-state index in [2.05, 4.69) is 0 Å². The third-order valence-electron chi connectivity index (χ3n) is 5.88. The highest BCUT2D eigenvalue weighted by Gasteiger charge is 2.33. The van der Waals surface area contributed by atoms with Crippen LogP contribution < -0.4 is 9.47 Å². The molecular weight excluding hydrogens is 512 g/mol. The molecule has 1 fully saturated rings. The van der Waals surface area contributed by atoms with Crippen molar-refractivity contribution in [3.63, 3.8) is 0 Å². The summed E-state index contributed by atoms with van der Waals surface area (Å²) in [6.07, 6.45) is 1.83. The maximum atomic E-state index is 13.5. The lowest BCUT2D eigenvalue weighted by Crippen LogP contribution is -2.28. The molecule has 1 saturated heterocycles. The van der Waals surface area contributed by atoms with Crippen LogP contribution in [0, 0.1) is 0 Å². The largest absolute Gasteiger partial charge is 0.497 e. The van der Waals surface area contributed by atoms with Crippen molar-refractivity contribution < 1.29 is 24.2 Å². The van der Waals surface area contributed by atoms with E-state index >= 15 is 0 Å². The fourth-order valence-electron chi connectivity index (χ4n) is 3.84. The van der Waals surface area contributed by atoms with E-state index in [1.165, 1.54) is 23.9 Å². The second-order valence-corrected chi connectivity index (χ2v) is 9.59. The van der Waals surface area contributed by atoms with E-state index in [1.807, 2.05) is 84.9 Å². The molecule has 4 aromatic carbocycles. The number of rotatable bonds is 8. The summed E-state index contributed by atoms with van der Waals surface area (Å²) in [4.78, 5) is 31.6. The van der Waals surface area contributed by atoms with E-state index in [-0.39, 0.29) is 18.0 Å². The van der Waals surface area contributed by atoms with E-state index in [0.717, 1.165) is 16.9 Å². The minimum absolute atomic E-state index is 0.181. The topological polar surface area (TPSA) is 88.4 Å². The molecule has 1 heterocycles. The monoisotopic (exact) mass is 536 g/mol. The van der Waals surface area contributed by atoms with E-state index in [9.17, 15) is 14.7 Å². The van der Waals surface area contributed by atoms with Crippen LogP contribution in [-0.4, -0.2) is 34.2 Å². The Morgan fingerprint density at radius 3 is 2.15 bits per heavy atom. The number of amidine groups is 1. The van der Waals surface area contributed by atoms with E-state index in [4.69, 9.17) is 14.5 Å². The van der Waals surface area contributed by atoms with Gasteiger partial charge in [0.05, 0.1) is 29.8 Å². The molecule has 0 bridgehead atoms. The Morgan fingerprint density at radius 2 is 1.51 bits per heavy atom. The second-order valence-electron chi connectivity index (χ2n) is 8.58. The lowest BCUT2D eigenvalue weighted by Gasteiger charge is -2.16. The second kappa shape index (κ2) is 11.7. The number of benzene rings is 4. The molecule has 1 amide bonds. The number of carboxylic acids is 1. The average Bonchev–Trinajstić information content (AvgIpc) is 3.24. The molecule has 0 spiro atoms. The standard InChI is InChI=1S/C31H24N2O5S/c1-37-25-17-13-24(14-18-25)32-31-33(20-22-7-11-23(12-8-22)30(35)36)29(34)28(39-31)19-21-9-15-27(16-10-21)38-26-5-3-2-4-6-26/h2-19H,20H2,1H3,(H,35,36)/b28-19-,32-31?. The van der Waals surface area contributed by atoms with Gasteiger partial charge in [-0.25, -0.2) is 9.79 Å². The fourth-order valence-corrected chi connectivity index (χ4v) is 4.84. The van der Waals surface area contributed by atoms with Crippen molar-refractivity contribution in [2.45, 2.75) is 6.54 Å². The quantitative estimate of drug-likeness (QED) is 0.244. The number of thioether (sulfide) groups is 1. The third kappa shape index (κ3) is 6.37. The van der Waals surface area contributed by atoms with Crippen LogP contribution in [0.5, 0.6) is 17.2 Å². The molecule has 1 N–H and O–H groups in total. The van der Waals surface area contributed by atoms with E-state index in [0.29, 0.717) is 27.3 Å². The molecule has 0 unspecified atom stereocenters. The molecule has 7 nitrogen and oxygen atoms in total. The van der Waals surface area contributed by atoms with Crippen molar-refractivity contribution in [3.8, 4) is 17.2 Å². The Labute approximate surface area is 230 Å². The maximum absolute atomic E-state index is 13.5. The number of para-hydroxylation sites is 1. The van der Waals surface area contributed by atoms with Crippen LogP contribution in [0.15, 0.2) is 113 Å². The number of aliphatic imine (C=N–C) groups is 1. The lowest BCUT2D eigenvalue weighted by molar-refractivity contribution is -0.122. The Kier molecular flexibility index (Phi) is 7.75. The molecule has 0 radical (unpaired) electrons. The van der Waals surface area contributed by atoms with Crippen LogP contribution in [0.4, 0.5) is 5.69 Å². The first-order valence-electron chi connectivity index (χ1n) is 12.1. The molecule has 0 aromatic heterocycles. The molecule has 5 rings (SSSR count). The molecular formula is C31H24N2O5S. The summed E-state index contributed by atoms with van der Waals surface area (Å²) < 4.78 is 11.1. The van der Waals surface area contributed by atoms with Crippen molar-refractivity contribution in [3.05, 3.63) is 125 Å². The number of hydrogen-bond acceptors (Lipinski definition) is 6. The van der Waals surface area contributed by atoms with Crippen molar-refractivity contribution in [2.75, 3.05) is 7.11 Å². The molecule has 0 atom stereocenters. The fraction of sp³-hybridized carbons (Fsp3) is 0.0645. The van der Waals surface area contributed by atoms with E-state index in [1.54, 1.807) is 24.1 Å². The highest BCUT2D eigenvalue weighted by molar-refractivity contribution is 8.18. The molecule has 39 heavy (non-hydrogen) atoms. The number of amides is 1. The molecule has 0 aliphatic carbocycles. The number of hydrogen-bond donors (Lipinski definition) is 1. The third-order valence-corrected chi connectivity index (χ3v) is 6.89. The Bertz CT molecular complexity index is 1530. The maximum Gasteiger partial charge on any atom is 0.335 e. The summed E-state index contributed by atoms with van der Waals surface area (Å²) in [7, 11) is 1.60. The van der Waals surface area contributed by atoms with Gasteiger partial charge < -0.3 is 14.6 Å². The van der Waals surface area contributed by atoms with Crippen LogP contribution in [0.2, 0.25) is 0 Å². The van der Waals surface area contributed by atoms with Crippen LogP contribution in [0.3, 0.4) is 0 Å². The number of carboxylic acid groups (broad SMARTS) is 1. The van der Waals surface area contributed by atoms with Gasteiger partial charge in [0.2, 0.25) is 0 Å². The van der Waals surface area contributed by atoms with Gasteiger partial charge in [-0.05, 0) is 89.6 Å². The predicted octanol–water partition coefficient (Wildman–Crippen LogP) is 6.99. The number of carbonyl (C=O) groups is 2. The highest BCUT2D eigenvalue weighted by atomic mass is 32.2. The number of nitrogens with zero attached hydrogens (tertiary/aromatic N) is 2. The van der Waals surface area contributed by atoms with Gasteiger partial charge in [0.15, 0.2) is 5.17 Å². The zero-order chi connectivity index (χ0) is 27.2. The summed E-state index contributed by atoms with van der Waals surface area (Å²) in [5, 5.41) is 9.73. The summed E-state index contributed by atoms with van der Waals surface area (Å²) in [5.41, 5.74) is 2.51. The SMILES string of the molecule is COc1ccc(N=C2S/C(=C\c3ccc(Oc4ccccc4)cc3)C(=O)N2Cc2ccc(C(=O)O)cc2)cc1. The van der Waals surface area contributed by atoms with Crippen molar-refractivity contribution in [1.82, 2.24) is 4.90 Å². The summed E-state index contributed by atoms with van der Waals surface area (Å²) >= 11 is 1.29. The normalized spacial score (nSPS) is 15.1. The van der Waals surface area contributed by atoms with E-state index < -0.39 is 5.97 Å². The molecule has 194 valence electrons. The average molecular weight is 537 g/mol. The summed E-state index contributed by atoms with van der Waals surface area (Å²) in [6.45, 7) is 0.252. The Morgan fingerprint density at radius 1 is 0.872 bits per heavy atom. The summed E-state index contributed by atoms with van der Waals surface area (Å²) in [5.74, 6) is 0.976. The first kappa shape index (κ1) is 25.8. The number of ether oxygens (including phenoxy) is 2. The van der Waals surface area contributed by atoms with Gasteiger partial charge in [-0.15, -0.1) is 0 Å². The Balaban J connectivity index is 1.40. The van der Waals surface area contributed by atoms with Crippen LogP contribution >= 0.6 is 11.8 Å². The predicted molar refractivity (Wildman–Crippen MR) is 153 cm³/mol. The number of aromatic carboxylic acids is 1. The van der Waals surface area contributed by atoms with Crippen molar-refractivity contribution in [1.29, 1.82) is 0 Å². The molecule has 8 heteroatoms. The lowest BCUT2D eigenvalue weighted by atomic mass is 10.1. The van der Waals surface area contributed by atoms with Gasteiger partial charge in [0.1, 0.15) is 17.2 Å². The molecule has 1 aliphatic heterocycles. The minimum Gasteiger partial charge on any atom is -0.497 e. The van der Waals surface area contributed by atoms with Gasteiger partial charge in [-0.2, -0.15) is 0 Å². The molecule has 0 saturated carbocycles. The van der Waals surface area contributed by atoms with Crippen LogP contribution in [0.1, 0.15) is 21.5 Å². The van der Waals surface area contributed by atoms with Crippen LogP contribution in [-0.2, 0) is 11.3 Å². The molecule has 1 aliphatic rings. The number of carbonyl (C=O) groups excluding carboxylic acids is 1. The van der Waals surface area contributed by atoms with Gasteiger partial charge in [0, 0.05) is 0 Å².